The third-order valence-corrected chi connectivity index (χ3v) is 7.82. The van der Waals surface area contributed by atoms with Gasteiger partial charge in [-0.3, -0.25) is 14.5 Å². The molecule has 182 valence electrons. The first-order valence-corrected chi connectivity index (χ1v) is 12.9. The number of aliphatic hydroxyl groups excluding tert-OH is 1. The largest absolute Gasteiger partial charge is 0.507 e. The molecule has 2 heterocycles. The van der Waals surface area contributed by atoms with Crippen LogP contribution in [0.15, 0.2) is 60.2 Å². The quantitative estimate of drug-likeness (QED) is 0.193. The summed E-state index contributed by atoms with van der Waals surface area (Å²) in [5.41, 5.74) is 7.28. The van der Waals surface area contributed by atoms with Crippen molar-refractivity contribution in [1.82, 2.24) is 4.98 Å². The number of amides is 1. The first-order valence-electron chi connectivity index (χ1n) is 12.0. The van der Waals surface area contributed by atoms with Crippen LogP contribution in [-0.4, -0.2) is 21.8 Å². The lowest BCUT2D eigenvalue weighted by Crippen LogP contribution is -2.29. The Morgan fingerprint density at radius 2 is 1.67 bits per heavy atom. The number of nitrogens with zero attached hydrogens (tertiary/aromatic N) is 2. The summed E-state index contributed by atoms with van der Waals surface area (Å²) in [4.78, 5) is 33.3. The maximum absolute atomic E-state index is 13.5. The van der Waals surface area contributed by atoms with Crippen molar-refractivity contribution in [1.29, 1.82) is 0 Å². The van der Waals surface area contributed by atoms with Crippen LogP contribution >= 0.6 is 11.3 Å². The maximum atomic E-state index is 13.5. The van der Waals surface area contributed by atoms with Crippen LogP contribution in [0.4, 0.5) is 5.13 Å². The molecule has 1 aromatic heterocycles. The minimum absolute atomic E-state index is 0.0881. The van der Waals surface area contributed by atoms with Crippen molar-refractivity contribution in [2.45, 2.75) is 47.1 Å². The summed E-state index contributed by atoms with van der Waals surface area (Å²) in [5, 5.41) is 11.9. The SMILES string of the molecule is CCc1ccc(C2/C(=C(\O)c3cc(C)ccc3C)C(=O)C(=O)N2c2nc3c(C)cc(C)cc3s2)cc1. The fourth-order valence-corrected chi connectivity index (χ4v) is 6.05. The number of aliphatic hydroxyl groups is 1. The summed E-state index contributed by atoms with van der Waals surface area (Å²) in [5.74, 6) is -1.54. The third-order valence-electron chi connectivity index (χ3n) is 6.82. The van der Waals surface area contributed by atoms with Crippen molar-refractivity contribution in [2.24, 2.45) is 0 Å². The molecule has 36 heavy (non-hydrogen) atoms. The van der Waals surface area contributed by atoms with Gasteiger partial charge in [0.2, 0.25) is 0 Å². The van der Waals surface area contributed by atoms with Crippen LogP contribution in [0, 0.1) is 27.7 Å². The number of anilines is 1. The second-order valence-corrected chi connectivity index (χ2v) is 10.5. The number of benzene rings is 3. The van der Waals surface area contributed by atoms with Crippen LogP contribution < -0.4 is 4.90 Å². The monoisotopic (exact) mass is 496 g/mol. The van der Waals surface area contributed by atoms with Crippen LogP contribution in [0.25, 0.3) is 16.0 Å². The van der Waals surface area contributed by atoms with E-state index < -0.39 is 17.7 Å². The Hall–Kier alpha value is -3.77. The molecule has 3 aromatic carbocycles. The molecule has 0 saturated carbocycles. The minimum Gasteiger partial charge on any atom is -0.507 e. The van der Waals surface area contributed by atoms with Gasteiger partial charge < -0.3 is 5.11 Å². The number of fused-ring (bicyclic) bond motifs is 1. The second-order valence-electron chi connectivity index (χ2n) is 9.51. The zero-order valence-corrected chi connectivity index (χ0v) is 21.9. The molecule has 0 spiro atoms. The Bertz CT molecular complexity index is 1560. The number of hydrogen-bond donors (Lipinski definition) is 1. The van der Waals surface area contributed by atoms with Crippen molar-refractivity contribution in [2.75, 3.05) is 4.90 Å². The summed E-state index contributed by atoms with van der Waals surface area (Å²) in [6.45, 7) is 9.91. The zero-order chi connectivity index (χ0) is 25.7. The molecule has 1 amide bonds. The molecule has 1 atom stereocenters. The maximum Gasteiger partial charge on any atom is 0.301 e. The summed E-state index contributed by atoms with van der Waals surface area (Å²) < 4.78 is 0.957. The number of aryl methyl sites for hydroxylation is 5. The van der Waals surface area contributed by atoms with E-state index in [9.17, 15) is 14.7 Å². The molecule has 1 N–H and O–H groups in total. The molecule has 5 nitrogen and oxygen atoms in total. The number of carbonyl (C=O) groups is 2. The predicted molar refractivity (Wildman–Crippen MR) is 146 cm³/mol. The standard InChI is InChI=1S/C30H28N2O3S/c1-6-20-9-11-21(12-10-20)26-24(27(33)22-14-16(2)7-8-18(22)4)28(34)29(35)32(26)30-31-25-19(5)13-17(3)15-23(25)36-30/h7-15,26,33H,6H2,1-5H3/b27-24+. The van der Waals surface area contributed by atoms with Gasteiger partial charge in [0, 0.05) is 5.56 Å². The van der Waals surface area contributed by atoms with Gasteiger partial charge in [0.1, 0.15) is 5.76 Å². The predicted octanol–water partition coefficient (Wildman–Crippen LogP) is 6.72. The fraction of sp³-hybridized carbons (Fsp3) is 0.233. The summed E-state index contributed by atoms with van der Waals surface area (Å²) in [7, 11) is 0. The van der Waals surface area contributed by atoms with Gasteiger partial charge in [0.05, 0.1) is 21.8 Å². The average molecular weight is 497 g/mol. The molecular formula is C30H28N2O3S. The Labute approximate surface area is 214 Å². The number of aromatic nitrogens is 1. The molecule has 0 aliphatic carbocycles. The number of carbonyl (C=O) groups excluding carboxylic acids is 2. The zero-order valence-electron chi connectivity index (χ0n) is 21.0. The number of hydrogen-bond acceptors (Lipinski definition) is 5. The highest BCUT2D eigenvalue weighted by atomic mass is 32.1. The van der Waals surface area contributed by atoms with Gasteiger partial charge in [0.15, 0.2) is 5.13 Å². The van der Waals surface area contributed by atoms with Crippen LogP contribution in [-0.2, 0) is 16.0 Å². The van der Waals surface area contributed by atoms with Crippen LogP contribution in [0.5, 0.6) is 0 Å². The van der Waals surface area contributed by atoms with Crippen molar-refractivity contribution >= 4 is 44.1 Å². The molecule has 0 radical (unpaired) electrons. The number of Topliss-reactive ketones (excluding diaryl/α,β-unsaturated/α-hetero) is 1. The van der Waals surface area contributed by atoms with E-state index in [-0.39, 0.29) is 11.3 Å². The molecule has 1 unspecified atom stereocenters. The Morgan fingerprint density at radius 3 is 2.36 bits per heavy atom. The number of ketones is 1. The first-order chi connectivity index (χ1) is 17.2. The summed E-state index contributed by atoms with van der Waals surface area (Å²) in [6.07, 6.45) is 0.874. The second kappa shape index (κ2) is 9.03. The fourth-order valence-electron chi connectivity index (χ4n) is 4.88. The van der Waals surface area contributed by atoms with Crippen molar-refractivity contribution < 1.29 is 14.7 Å². The molecule has 1 aliphatic rings. The normalized spacial score (nSPS) is 17.4. The molecule has 1 aliphatic heterocycles. The van der Waals surface area contributed by atoms with Gasteiger partial charge in [-0.2, -0.15) is 0 Å². The molecule has 1 fully saturated rings. The molecule has 6 heteroatoms. The summed E-state index contributed by atoms with van der Waals surface area (Å²) >= 11 is 1.39. The highest BCUT2D eigenvalue weighted by Gasteiger charge is 2.48. The molecule has 4 aromatic rings. The van der Waals surface area contributed by atoms with E-state index in [0.29, 0.717) is 10.7 Å². The number of thiazole rings is 1. The van der Waals surface area contributed by atoms with E-state index in [1.165, 1.54) is 16.2 Å². The van der Waals surface area contributed by atoms with E-state index >= 15 is 0 Å². The van der Waals surface area contributed by atoms with E-state index in [1.54, 1.807) is 0 Å². The third kappa shape index (κ3) is 3.91. The molecular weight excluding hydrogens is 468 g/mol. The van der Waals surface area contributed by atoms with Crippen molar-refractivity contribution in [3.05, 3.63) is 99.1 Å². The van der Waals surface area contributed by atoms with Gasteiger partial charge in [0.25, 0.3) is 5.78 Å². The topological polar surface area (TPSA) is 70.5 Å². The van der Waals surface area contributed by atoms with E-state index in [2.05, 4.69) is 13.0 Å². The number of rotatable bonds is 4. The molecule has 5 rings (SSSR count). The minimum atomic E-state index is -0.780. The van der Waals surface area contributed by atoms with Gasteiger partial charge in [-0.15, -0.1) is 0 Å². The Kier molecular flexibility index (Phi) is 6.00. The van der Waals surface area contributed by atoms with Crippen molar-refractivity contribution in [3.63, 3.8) is 0 Å². The molecule has 1 saturated heterocycles. The van der Waals surface area contributed by atoms with Crippen LogP contribution in [0.1, 0.15) is 51.9 Å². The first kappa shape index (κ1) is 23.9. The van der Waals surface area contributed by atoms with E-state index in [1.807, 2.05) is 76.2 Å². The van der Waals surface area contributed by atoms with Gasteiger partial charge in [-0.05, 0) is 74.1 Å². The van der Waals surface area contributed by atoms with Crippen molar-refractivity contribution in [3.8, 4) is 0 Å². The summed E-state index contributed by atoms with van der Waals surface area (Å²) in [6, 6.07) is 16.9. The Balaban J connectivity index is 1.76. The Morgan fingerprint density at radius 1 is 0.944 bits per heavy atom. The smallest absolute Gasteiger partial charge is 0.301 e. The van der Waals surface area contributed by atoms with Gasteiger partial charge >= 0.3 is 5.91 Å². The lowest BCUT2D eigenvalue weighted by molar-refractivity contribution is -0.132. The average Bonchev–Trinajstić information content (AvgIpc) is 3.39. The van der Waals surface area contributed by atoms with E-state index in [4.69, 9.17) is 4.98 Å². The highest BCUT2D eigenvalue weighted by Crippen LogP contribution is 2.45. The van der Waals surface area contributed by atoms with Crippen LogP contribution in [0.3, 0.4) is 0 Å². The lowest BCUT2D eigenvalue weighted by atomic mass is 9.93. The van der Waals surface area contributed by atoms with Crippen LogP contribution in [0.2, 0.25) is 0 Å². The van der Waals surface area contributed by atoms with Gasteiger partial charge in [-0.25, -0.2) is 4.98 Å². The van der Waals surface area contributed by atoms with Gasteiger partial charge in [-0.1, -0.05) is 66.3 Å². The van der Waals surface area contributed by atoms with E-state index in [0.717, 1.165) is 50.0 Å². The molecule has 0 bridgehead atoms. The lowest BCUT2D eigenvalue weighted by Gasteiger charge is -2.23. The highest BCUT2D eigenvalue weighted by molar-refractivity contribution is 7.22.